The molecule has 1 aromatic rings. The number of hydrogen-bond acceptors (Lipinski definition) is 3. The van der Waals surface area contributed by atoms with Crippen molar-refractivity contribution in [3.8, 4) is 0 Å². The maximum absolute atomic E-state index is 4.49. The Hall–Kier alpha value is -1.09. The number of aromatic nitrogens is 1. The van der Waals surface area contributed by atoms with Crippen LogP contribution in [0.1, 0.15) is 49.8 Å². The van der Waals surface area contributed by atoms with E-state index in [1.54, 1.807) is 0 Å². The summed E-state index contributed by atoms with van der Waals surface area (Å²) < 4.78 is 0. The van der Waals surface area contributed by atoms with E-state index in [1.165, 1.54) is 56.3 Å². The highest BCUT2D eigenvalue weighted by molar-refractivity contribution is 5.55. The van der Waals surface area contributed by atoms with E-state index in [0.717, 1.165) is 24.2 Å². The lowest BCUT2D eigenvalue weighted by Gasteiger charge is -2.33. The molecule has 1 aliphatic heterocycles. The summed E-state index contributed by atoms with van der Waals surface area (Å²) in [6.07, 6.45) is 10.5. The molecule has 1 N–H and O–H groups in total. The van der Waals surface area contributed by atoms with Crippen molar-refractivity contribution in [1.82, 2.24) is 10.3 Å². The molecule has 3 nitrogen and oxygen atoms in total. The van der Waals surface area contributed by atoms with E-state index in [0.29, 0.717) is 0 Å². The summed E-state index contributed by atoms with van der Waals surface area (Å²) in [5.41, 5.74) is 3.92. The maximum Gasteiger partial charge on any atom is 0.0448 e. The van der Waals surface area contributed by atoms with Crippen LogP contribution >= 0.6 is 0 Å². The highest BCUT2D eigenvalue weighted by atomic mass is 15.2. The van der Waals surface area contributed by atoms with Crippen molar-refractivity contribution in [1.29, 1.82) is 0 Å². The van der Waals surface area contributed by atoms with Crippen LogP contribution in [0, 0.1) is 12.8 Å². The molecule has 0 aromatic carbocycles. The Bertz CT molecular complexity index is 452. The van der Waals surface area contributed by atoms with Gasteiger partial charge >= 0.3 is 0 Å². The highest BCUT2D eigenvalue weighted by Gasteiger charge is 2.34. The topological polar surface area (TPSA) is 28.2 Å². The Balaban J connectivity index is 1.88. The number of rotatable bonds is 4. The standard InChI is InChI=1S/C17H27N3/c1-13-10-17(15(11-18-2)12-19-13)20-9-5-8-16(20)14-6-3-4-7-14/h10,12,14,16,18H,3-9,11H2,1-2H3. The lowest BCUT2D eigenvalue weighted by atomic mass is 9.95. The smallest absolute Gasteiger partial charge is 0.0448 e. The molecular formula is C17H27N3. The summed E-state index contributed by atoms with van der Waals surface area (Å²) >= 11 is 0. The zero-order valence-corrected chi connectivity index (χ0v) is 12.9. The van der Waals surface area contributed by atoms with Gasteiger partial charge in [-0.15, -0.1) is 0 Å². The molecule has 1 saturated heterocycles. The van der Waals surface area contributed by atoms with Crippen LogP contribution in [0.15, 0.2) is 12.3 Å². The van der Waals surface area contributed by atoms with Gasteiger partial charge in [0.2, 0.25) is 0 Å². The second kappa shape index (κ2) is 6.13. The van der Waals surface area contributed by atoms with Gasteiger partial charge in [0.05, 0.1) is 0 Å². The molecule has 2 heterocycles. The molecule has 0 amide bonds. The van der Waals surface area contributed by atoms with Crippen LogP contribution in [0.25, 0.3) is 0 Å². The predicted octanol–water partition coefficient (Wildman–Crippen LogP) is 3.27. The van der Waals surface area contributed by atoms with Gasteiger partial charge in [0.25, 0.3) is 0 Å². The second-order valence-electron chi connectivity index (χ2n) is 6.43. The van der Waals surface area contributed by atoms with Crippen molar-refractivity contribution < 1.29 is 0 Å². The molecule has 0 bridgehead atoms. The van der Waals surface area contributed by atoms with Crippen LogP contribution in [0.5, 0.6) is 0 Å². The Kier molecular flexibility index (Phi) is 4.25. The van der Waals surface area contributed by atoms with E-state index < -0.39 is 0 Å². The average molecular weight is 273 g/mol. The lowest BCUT2D eigenvalue weighted by molar-refractivity contribution is 0.430. The summed E-state index contributed by atoms with van der Waals surface area (Å²) in [5, 5.41) is 3.29. The van der Waals surface area contributed by atoms with Gasteiger partial charge in [-0.05, 0) is 51.6 Å². The number of hydrogen-bond donors (Lipinski definition) is 1. The largest absolute Gasteiger partial charge is 0.368 e. The molecular weight excluding hydrogens is 246 g/mol. The molecule has 1 atom stereocenters. The third-order valence-corrected chi connectivity index (χ3v) is 5.02. The normalized spacial score (nSPS) is 23.7. The van der Waals surface area contributed by atoms with E-state index >= 15 is 0 Å². The number of nitrogens with one attached hydrogen (secondary N) is 1. The first-order valence-electron chi connectivity index (χ1n) is 8.16. The summed E-state index contributed by atoms with van der Waals surface area (Å²) in [5.74, 6) is 0.924. The Morgan fingerprint density at radius 2 is 2.05 bits per heavy atom. The molecule has 2 aliphatic rings. The quantitative estimate of drug-likeness (QED) is 0.912. The van der Waals surface area contributed by atoms with E-state index in [2.05, 4.69) is 34.4 Å². The molecule has 3 rings (SSSR count). The fourth-order valence-electron chi connectivity index (χ4n) is 4.09. The average Bonchev–Trinajstić information content (AvgIpc) is 3.10. The van der Waals surface area contributed by atoms with Gasteiger partial charge in [0.1, 0.15) is 0 Å². The maximum atomic E-state index is 4.49. The molecule has 0 spiro atoms. The van der Waals surface area contributed by atoms with Gasteiger partial charge in [0.15, 0.2) is 0 Å². The van der Waals surface area contributed by atoms with Crippen LogP contribution < -0.4 is 10.2 Å². The lowest BCUT2D eigenvalue weighted by Crippen LogP contribution is -2.35. The van der Waals surface area contributed by atoms with E-state index in [-0.39, 0.29) is 0 Å². The monoisotopic (exact) mass is 273 g/mol. The van der Waals surface area contributed by atoms with Gasteiger partial charge in [-0.3, -0.25) is 4.98 Å². The van der Waals surface area contributed by atoms with Crippen molar-refractivity contribution in [3.05, 3.63) is 23.5 Å². The molecule has 0 radical (unpaired) electrons. The van der Waals surface area contributed by atoms with Gasteiger partial charge in [-0.1, -0.05) is 12.8 Å². The molecule has 3 heteroatoms. The minimum atomic E-state index is 0.773. The van der Waals surface area contributed by atoms with E-state index in [9.17, 15) is 0 Å². The number of aryl methyl sites for hydroxylation is 1. The van der Waals surface area contributed by atoms with Crippen molar-refractivity contribution in [2.24, 2.45) is 5.92 Å². The van der Waals surface area contributed by atoms with E-state index in [4.69, 9.17) is 0 Å². The number of nitrogens with zero attached hydrogens (tertiary/aromatic N) is 2. The van der Waals surface area contributed by atoms with Crippen molar-refractivity contribution >= 4 is 5.69 Å². The Morgan fingerprint density at radius 1 is 1.25 bits per heavy atom. The predicted molar refractivity (Wildman–Crippen MR) is 84.1 cm³/mol. The van der Waals surface area contributed by atoms with Crippen LogP contribution in [0.2, 0.25) is 0 Å². The molecule has 1 aromatic heterocycles. The van der Waals surface area contributed by atoms with Crippen LogP contribution in [-0.4, -0.2) is 24.6 Å². The number of anilines is 1. The van der Waals surface area contributed by atoms with Crippen LogP contribution in [-0.2, 0) is 6.54 Å². The molecule has 1 saturated carbocycles. The Labute approximate surface area is 122 Å². The fraction of sp³-hybridized carbons (Fsp3) is 0.706. The number of pyridine rings is 1. The third-order valence-electron chi connectivity index (χ3n) is 5.02. The fourth-order valence-corrected chi connectivity index (χ4v) is 4.09. The highest BCUT2D eigenvalue weighted by Crippen LogP contribution is 2.38. The molecule has 20 heavy (non-hydrogen) atoms. The second-order valence-corrected chi connectivity index (χ2v) is 6.43. The van der Waals surface area contributed by atoms with Crippen molar-refractivity contribution in [3.63, 3.8) is 0 Å². The van der Waals surface area contributed by atoms with Crippen molar-refractivity contribution in [2.45, 2.75) is 58.0 Å². The van der Waals surface area contributed by atoms with Gasteiger partial charge < -0.3 is 10.2 Å². The van der Waals surface area contributed by atoms with E-state index in [1.807, 2.05) is 7.05 Å². The van der Waals surface area contributed by atoms with Crippen molar-refractivity contribution in [2.75, 3.05) is 18.5 Å². The Morgan fingerprint density at radius 3 is 2.80 bits per heavy atom. The summed E-state index contributed by atoms with van der Waals surface area (Å²) in [7, 11) is 2.02. The first-order valence-corrected chi connectivity index (χ1v) is 8.16. The zero-order valence-electron chi connectivity index (χ0n) is 12.9. The summed E-state index contributed by atoms with van der Waals surface area (Å²) in [4.78, 5) is 7.18. The zero-order chi connectivity index (χ0) is 13.9. The summed E-state index contributed by atoms with van der Waals surface area (Å²) in [6.45, 7) is 4.24. The minimum Gasteiger partial charge on any atom is -0.368 e. The van der Waals surface area contributed by atoms with Gasteiger partial charge in [-0.25, -0.2) is 0 Å². The molecule has 1 aliphatic carbocycles. The van der Waals surface area contributed by atoms with Crippen LogP contribution in [0.4, 0.5) is 5.69 Å². The SMILES string of the molecule is CNCc1cnc(C)cc1N1CCCC1C1CCCC1. The first-order chi connectivity index (χ1) is 9.79. The van der Waals surface area contributed by atoms with Gasteiger partial charge in [-0.2, -0.15) is 0 Å². The minimum absolute atomic E-state index is 0.773. The summed E-state index contributed by atoms with van der Waals surface area (Å²) in [6, 6.07) is 3.06. The first kappa shape index (κ1) is 13.9. The third kappa shape index (κ3) is 2.69. The van der Waals surface area contributed by atoms with Gasteiger partial charge in [0, 0.05) is 42.3 Å². The molecule has 110 valence electrons. The molecule has 2 fully saturated rings. The van der Waals surface area contributed by atoms with Crippen LogP contribution in [0.3, 0.4) is 0 Å². The molecule has 1 unspecified atom stereocenters.